The Morgan fingerprint density at radius 1 is 1.05 bits per heavy atom. The molecule has 21 heavy (non-hydrogen) atoms. The molecule has 1 amide bonds. The van der Waals surface area contributed by atoms with E-state index in [0.717, 1.165) is 24.2 Å². The topological polar surface area (TPSA) is 29.5 Å². The van der Waals surface area contributed by atoms with Crippen molar-refractivity contribution in [1.29, 1.82) is 0 Å². The molecule has 0 aromatic heterocycles. The number of rotatable bonds is 2. The first-order valence-electron chi connectivity index (χ1n) is 7.38. The lowest BCUT2D eigenvalue weighted by molar-refractivity contribution is -0.140. The molecule has 1 unspecified atom stereocenters. The van der Waals surface area contributed by atoms with Gasteiger partial charge in [-0.1, -0.05) is 48.5 Å². The van der Waals surface area contributed by atoms with Gasteiger partial charge in [-0.3, -0.25) is 9.69 Å². The maximum absolute atomic E-state index is 12.3. The summed E-state index contributed by atoms with van der Waals surface area (Å²) in [5.41, 5.74) is 1.87. The molecule has 2 aromatic carbocycles. The van der Waals surface area contributed by atoms with E-state index in [1.165, 1.54) is 5.56 Å². The van der Waals surface area contributed by atoms with Crippen molar-refractivity contribution in [2.45, 2.75) is 31.5 Å². The highest BCUT2D eigenvalue weighted by Gasteiger charge is 2.51. The number of amides is 1. The van der Waals surface area contributed by atoms with Crippen molar-refractivity contribution < 1.29 is 9.53 Å². The zero-order valence-electron chi connectivity index (χ0n) is 11.8. The van der Waals surface area contributed by atoms with E-state index >= 15 is 0 Å². The second-order valence-corrected chi connectivity index (χ2v) is 5.80. The fraction of sp³-hybridized carbons (Fsp3) is 0.278. The van der Waals surface area contributed by atoms with Crippen molar-refractivity contribution in [3.63, 3.8) is 0 Å². The molecule has 1 spiro atoms. The highest BCUT2D eigenvalue weighted by Crippen LogP contribution is 2.43. The molecule has 1 fully saturated rings. The lowest BCUT2D eigenvalue weighted by atomic mass is 10.0. The van der Waals surface area contributed by atoms with Crippen LogP contribution in [-0.2, 0) is 17.8 Å². The SMILES string of the molecule is O=C1CCC2(Cc3ccccc3O2)N1Cc1ccccc1. The number of benzene rings is 2. The molecule has 0 radical (unpaired) electrons. The van der Waals surface area contributed by atoms with Crippen molar-refractivity contribution in [2.24, 2.45) is 0 Å². The molecule has 0 aliphatic carbocycles. The lowest BCUT2D eigenvalue weighted by Gasteiger charge is -2.34. The van der Waals surface area contributed by atoms with Crippen molar-refractivity contribution >= 4 is 5.91 Å². The number of carbonyl (C=O) groups is 1. The summed E-state index contributed by atoms with van der Waals surface area (Å²) in [6.45, 7) is 0.619. The number of hydrogen-bond donors (Lipinski definition) is 0. The predicted octanol–water partition coefficient (Wildman–Crippen LogP) is 3.14. The summed E-state index contributed by atoms with van der Waals surface area (Å²) in [7, 11) is 0. The Bertz CT molecular complexity index is 656. The van der Waals surface area contributed by atoms with E-state index < -0.39 is 5.72 Å². The van der Waals surface area contributed by atoms with E-state index in [0.29, 0.717) is 13.0 Å². The largest absolute Gasteiger partial charge is 0.467 e. The maximum atomic E-state index is 12.3. The van der Waals surface area contributed by atoms with Gasteiger partial charge in [0, 0.05) is 31.4 Å². The molecular formula is C18H17NO2. The third-order valence-corrected chi connectivity index (χ3v) is 4.45. The number of para-hydroxylation sites is 1. The molecule has 0 bridgehead atoms. The molecule has 1 saturated heterocycles. The fourth-order valence-corrected chi connectivity index (χ4v) is 3.38. The number of nitrogens with zero attached hydrogens (tertiary/aromatic N) is 1. The molecule has 4 rings (SSSR count). The van der Waals surface area contributed by atoms with Gasteiger partial charge in [-0.15, -0.1) is 0 Å². The van der Waals surface area contributed by atoms with Crippen LogP contribution in [0.5, 0.6) is 5.75 Å². The fourth-order valence-electron chi connectivity index (χ4n) is 3.38. The molecule has 2 aromatic rings. The van der Waals surface area contributed by atoms with Crippen LogP contribution in [0.4, 0.5) is 0 Å². The van der Waals surface area contributed by atoms with Gasteiger partial charge in [-0.2, -0.15) is 0 Å². The summed E-state index contributed by atoms with van der Waals surface area (Å²) in [5.74, 6) is 1.11. The smallest absolute Gasteiger partial charge is 0.226 e. The average molecular weight is 279 g/mol. The third kappa shape index (κ3) is 2.00. The summed E-state index contributed by atoms with van der Waals surface area (Å²) >= 11 is 0. The minimum atomic E-state index is -0.476. The summed E-state index contributed by atoms with van der Waals surface area (Å²) in [6, 6.07) is 18.2. The van der Waals surface area contributed by atoms with Crippen LogP contribution in [0.3, 0.4) is 0 Å². The number of likely N-dealkylation sites (tertiary alicyclic amines) is 1. The summed E-state index contributed by atoms with van der Waals surface area (Å²) in [6.07, 6.45) is 2.13. The van der Waals surface area contributed by atoms with Crippen molar-refractivity contribution in [3.8, 4) is 5.75 Å². The van der Waals surface area contributed by atoms with Gasteiger partial charge in [0.2, 0.25) is 5.91 Å². The van der Waals surface area contributed by atoms with Crippen LogP contribution in [0, 0.1) is 0 Å². The van der Waals surface area contributed by atoms with E-state index in [-0.39, 0.29) is 5.91 Å². The Labute approximate surface area is 124 Å². The molecule has 1 atom stereocenters. The quantitative estimate of drug-likeness (QED) is 0.845. The van der Waals surface area contributed by atoms with E-state index in [4.69, 9.17) is 4.74 Å². The Hall–Kier alpha value is -2.29. The zero-order chi connectivity index (χ0) is 14.3. The zero-order valence-corrected chi connectivity index (χ0v) is 11.8. The number of carbonyl (C=O) groups excluding carboxylic acids is 1. The van der Waals surface area contributed by atoms with Gasteiger partial charge < -0.3 is 4.74 Å². The van der Waals surface area contributed by atoms with Crippen molar-refractivity contribution in [3.05, 3.63) is 65.7 Å². The summed E-state index contributed by atoms with van der Waals surface area (Å²) in [4.78, 5) is 14.3. The van der Waals surface area contributed by atoms with Gasteiger partial charge in [0.15, 0.2) is 5.72 Å². The molecule has 2 aliphatic rings. The van der Waals surface area contributed by atoms with Crippen LogP contribution in [0.25, 0.3) is 0 Å². The first-order valence-corrected chi connectivity index (χ1v) is 7.38. The van der Waals surface area contributed by atoms with Crippen molar-refractivity contribution in [1.82, 2.24) is 4.90 Å². The van der Waals surface area contributed by atoms with Gasteiger partial charge in [-0.05, 0) is 11.6 Å². The summed E-state index contributed by atoms with van der Waals surface area (Å²) < 4.78 is 6.22. The van der Waals surface area contributed by atoms with Crippen LogP contribution in [0.15, 0.2) is 54.6 Å². The molecule has 0 N–H and O–H groups in total. The van der Waals surface area contributed by atoms with Crippen LogP contribution < -0.4 is 4.74 Å². The first-order chi connectivity index (χ1) is 10.3. The summed E-state index contributed by atoms with van der Waals surface area (Å²) in [5, 5.41) is 0. The van der Waals surface area contributed by atoms with Crippen LogP contribution in [-0.4, -0.2) is 16.5 Å². The molecular weight excluding hydrogens is 262 g/mol. The number of fused-ring (bicyclic) bond motifs is 1. The average Bonchev–Trinajstić information content (AvgIpc) is 3.03. The Kier molecular flexibility index (Phi) is 2.74. The van der Waals surface area contributed by atoms with E-state index in [1.807, 2.05) is 41.3 Å². The second-order valence-electron chi connectivity index (χ2n) is 5.80. The van der Waals surface area contributed by atoms with E-state index in [2.05, 4.69) is 18.2 Å². The molecule has 0 saturated carbocycles. The van der Waals surface area contributed by atoms with Crippen LogP contribution in [0.2, 0.25) is 0 Å². The second kappa shape index (κ2) is 4.62. The minimum Gasteiger partial charge on any atom is -0.467 e. The minimum absolute atomic E-state index is 0.187. The maximum Gasteiger partial charge on any atom is 0.226 e. The lowest BCUT2D eigenvalue weighted by Crippen LogP contribution is -2.49. The van der Waals surface area contributed by atoms with Gasteiger partial charge >= 0.3 is 0 Å². The normalized spacial score (nSPS) is 23.4. The van der Waals surface area contributed by atoms with Gasteiger partial charge in [0.1, 0.15) is 5.75 Å². The highest BCUT2D eigenvalue weighted by atomic mass is 16.5. The molecule has 3 nitrogen and oxygen atoms in total. The third-order valence-electron chi connectivity index (χ3n) is 4.45. The van der Waals surface area contributed by atoms with Gasteiger partial charge in [0.25, 0.3) is 0 Å². The molecule has 2 heterocycles. The molecule has 106 valence electrons. The van der Waals surface area contributed by atoms with Crippen LogP contribution >= 0.6 is 0 Å². The Morgan fingerprint density at radius 3 is 2.62 bits per heavy atom. The Morgan fingerprint density at radius 2 is 1.81 bits per heavy atom. The van der Waals surface area contributed by atoms with Crippen LogP contribution in [0.1, 0.15) is 24.0 Å². The number of hydrogen-bond acceptors (Lipinski definition) is 2. The highest BCUT2D eigenvalue weighted by molar-refractivity contribution is 5.80. The standard InChI is InChI=1S/C18H17NO2/c20-17-10-11-18(12-15-8-4-5-9-16(15)21-18)19(17)13-14-6-2-1-3-7-14/h1-9H,10-13H2. The van der Waals surface area contributed by atoms with Crippen molar-refractivity contribution in [2.75, 3.05) is 0 Å². The van der Waals surface area contributed by atoms with Gasteiger partial charge in [0.05, 0.1) is 0 Å². The van der Waals surface area contributed by atoms with Gasteiger partial charge in [-0.25, -0.2) is 0 Å². The monoisotopic (exact) mass is 279 g/mol. The molecule has 2 aliphatic heterocycles. The molecule has 3 heteroatoms. The Balaban J connectivity index is 1.65. The first kappa shape index (κ1) is 12.5. The van der Waals surface area contributed by atoms with E-state index in [9.17, 15) is 4.79 Å². The number of ether oxygens (including phenoxy) is 1. The predicted molar refractivity (Wildman–Crippen MR) is 79.7 cm³/mol. The van der Waals surface area contributed by atoms with E-state index in [1.54, 1.807) is 0 Å².